The van der Waals surface area contributed by atoms with Gasteiger partial charge >= 0.3 is 0 Å². The number of benzene rings is 1. The number of ether oxygens (including phenoxy) is 2. The first-order valence-electron chi connectivity index (χ1n) is 7.04. The highest BCUT2D eigenvalue weighted by Crippen LogP contribution is 2.43. The SMILES string of the molecule is COc1cccc2c3c(c(=O)n(C)c12)C(O)C(O)C(C)(C)O3. The first-order chi connectivity index (χ1) is 10.3. The lowest BCUT2D eigenvalue weighted by Crippen LogP contribution is -2.50. The largest absolute Gasteiger partial charge is 0.495 e. The molecule has 6 nitrogen and oxygen atoms in total. The average molecular weight is 305 g/mol. The first kappa shape index (κ1) is 14.9. The first-order valence-corrected chi connectivity index (χ1v) is 7.04. The Kier molecular flexibility index (Phi) is 3.19. The number of aliphatic hydroxyl groups excluding tert-OH is 2. The van der Waals surface area contributed by atoms with E-state index in [-0.39, 0.29) is 5.56 Å². The van der Waals surface area contributed by atoms with Crippen LogP contribution in [0.15, 0.2) is 23.0 Å². The van der Waals surface area contributed by atoms with Crippen LogP contribution < -0.4 is 15.0 Å². The quantitative estimate of drug-likeness (QED) is 0.825. The number of aromatic nitrogens is 1. The van der Waals surface area contributed by atoms with E-state index in [1.807, 2.05) is 0 Å². The normalized spacial score (nSPS) is 23.0. The predicted molar refractivity (Wildman–Crippen MR) is 81.4 cm³/mol. The van der Waals surface area contributed by atoms with Crippen molar-refractivity contribution in [3.8, 4) is 11.5 Å². The van der Waals surface area contributed by atoms with Gasteiger partial charge in [-0.05, 0) is 26.0 Å². The van der Waals surface area contributed by atoms with Gasteiger partial charge in [0.25, 0.3) is 5.56 Å². The average Bonchev–Trinajstić information content (AvgIpc) is 2.49. The summed E-state index contributed by atoms with van der Waals surface area (Å²) in [5.74, 6) is 0.849. The van der Waals surface area contributed by atoms with Crippen LogP contribution in [-0.2, 0) is 7.05 Å². The van der Waals surface area contributed by atoms with E-state index < -0.39 is 23.4 Å². The van der Waals surface area contributed by atoms with Crippen molar-refractivity contribution in [2.24, 2.45) is 7.05 Å². The molecule has 1 aromatic heterocycles. The molecule has 118 valence electrons. The molecule has 2 N–H and O–H groups in total. The second-order valence-electron chi connectivity index (χ2n) is 6.06. The van der Waals surface area contributed by atoms with E-state index in [2.05, 4.69) is 0 Å². The molecule has 0 bridgehead atoms. The van der Waals surface area contributed by atoms with Crippen molar-refractivity contribution in [3.05, 3.63) is 34.1 Å². The van der Waals surface area contributed by atoms with Gasteiger partial charge in [-0.2, -0.15) is 0 Å². The third-order valence-electron chi connectivity index (χ3n) is 4.25. The standard InChI is InChI=1S/C16H19NO5/c1-16(2)14(19)12(18)10-13(22-16)8-6-5-7-9(21-4)11(8)17(3)15(10)20/h5-7,12,14,18-19H,1-4H3. The zero-order valence-electron chi connectivity index (χ0n) is 13.0. The van der Waals surface area contributed by atoms with E-state index in [1.165, 1.54) is 11.7 Å². The zero-order valence-corrected chi connectivity index (χ0v) is 13.0. The van der Waals surface area contributed by atoms with Gasteiger partial charge in [-0.15, -0.1) is 0 Å². The molecule has 1 aromatic carbocycles. The highest BCUT2D eigenvalue weighted by atomic mass is 16.5. The second kappa shape index (κ2) is 4.72. The summed E-state index contributed by atoms with van der Waals surface area (Å²) in [7, 11) is 3.13. The summed E-state index contributed by atoms with van der Waals surface area (Å²) >= 11 is 0. The van der Waals surface area contributed by atoms with E-state index in [0.717, 1.165) is 0 Å². The van der Waals surface area contributed by atoms with Crippen LogP contribution in [0.4, 0.5) is 0 Å². The van der Waals surface area contributed by atoms with Crippen LogP contribution in [0.2, 0.25) is 0 Å². The molecule has 2 aromatic rings. The predicted octanol–water partition coefficient (Wildman–Crippen LogP) is 1.11. The van der Waals surface area contributed by atoms with Crippen LogP contribution >= 0.6 is 0 Å². The fraction of sp³-hybridized carbons (Fsp3) is 0.438. The lowest BCUT2D eigenvalue weighted by Gasteiger charge is -2.40. The Morgan fingerprint density at radius 3 is 2.64 bits per heavy atom. The highest BCUT2D eigenvalue weighted by molar-refractivity contribution is 5.91. The molecule has 0 saturated heterocycles. The van der Waals surface area contributed by atoms with E-state index in [0.29, 0.717) is 22.4 Å². The van der Waals surface area contributed by atoms with Gasteiger partial charge < -0.3 is 24.3 Å². The number of nitrogens with zero attached hydrogens (tertiary/aromatic N) is 1. The van der Waals surface area contributed by atoms with Crippen molar-refractivity contribution >= 4 is 10.9 Å². The molecular weight excluding hydrogens is 286 g/mol. The van der Waals surface area contributed by atoms with Crippen LogP contribution in [0.25, 0.3) is 10.9 Å². The van der Waals surface area contributed by atoms with Gasteiger partial charge in [0.15, 0.2) is 0 Å². The number of hydrogen-bond donors (Lipinski definition) is 2. The summed E-state index contributed by atoms with van der Waals surface area (Å²) in [5.41, 5.74) is -0.744. The number of fused-ring (bicyclic) bond motifs is 3. The minimum Gasteiger partial charge on any atom is -0.495 e. The Morgan fingerprint density at radius 1 is 1.32 bits per heavy atom. The second-order valence-corrected chi connectivity index (χ2v) is 6.06. The molecule has 0 fully saturated rings. The lowest BCUT2D eigenvalue weighted by molar-refractivity contribution is -0.111. The molecule has 6 heteroatoms. The number of methoxy groups -OCH3 is 1. The van der Waals surface area contributed by atoms with E-state index >= 15 is 0 Å². The Balaban J connectivity index is 2.47. The molecule has 3 rings (SSSR count). The van der Waals surface area contributed by atoms with E-state index in [4.69, 9.17) is 9.47 Å². The van der Waals surface area contributed by atoms with Crippen LogP contribution in [0.5, 0.6) is 11.5 Å². The number of aryl methyl sites for hydroxylation is 1. The Labute approximate surface area is 127 Å². The summed E-state index contributed by atoms with van der Waals surface area (Å²) in [6.07, 6.45) is -2.48. The third-order valence-corrected chi connectivity index (χ3v) is 4.25. The maximum atomic E-state index is 12.6. The lowest BCUT2D eigenvalue weighted by atomic mass is 9.88. The number of para-hydroxylation sites is 1. The number of rotatable bonds is 1. The molecule has 22 heavy (non-hydrogen) atoms. The van der Waals surface area contributed by atoms with Crippen molar-refractivity contribution in [2.75, 3.05) is 7.11 Å². The molecule has 2 unspecified atom stereocenters. The van der Waals surface area contributed by atoms with Crippen molar-refractivity contribution < 1.29 is 19.7 Å². The topological polar surface area (TPSA) is 80.9 Å². The monoisotopic (exact) mass is 305 g/mol. The van der Waals surface area contributed by atoms with E-state index in [1.54, 1.807) is 39.1 Å². The Hall–Kier alpha value is -2.05. The third kappa shape index (κ3) is 1.84. The molecule has 0 aliphatic carbocycles. The summed E-state index contributed by atoms with van der Waals surface area (Å²) in [4.78, 5) is 12.6. The van der Waals surface area contributed by atoms with Crippen LogP contribution in [-0.4, -0.2) is 33.6 Å². The summed E-state index contributed by atoms with van der Waals surface area (Å²) in [6.45, 7) is 3.35. The highest BCUT2D eigenvalue weighted by Gasteiger charge is 2.44. The molecule has 1 aliphatic heterocycles. The van der Waals surface area contributed by atoms with Gasteiger partial charge in [0, 0.05) is 12.4 Å². The van der Waals surface area contributed by atoms with Crippen molar-refractivity contribution in [1.29, 1.82) is 0 Å². The minimum absolute atomic E-state index is 0.0788. The minimum atomic E-state index is -1.30. The van der Waals surface area contributed by atoms with Crippen LogP contribution in [0.3, 0.4) is 0 Å². The Morgan fingerprint density at radius 2 is 2.00 bits per heavy atom. The molecule has 0 amide bonds. The Bertz CT molecular complexity index is 808. The molecule has 0 radical (unpaired) electrons. The maximum Gasteiger partial charge on any atom is 0.260 e. The summed E-state index contributed by atoms with van der Waals surface area (Å²) in [5, 5.41) is 21.2. The van der Waals surface area contributed by atoms with Gasteiger partial charge in [0.1, 0.15) is 29.3 Å². The summed E-state index contributed by atoms with van der Waals surface area (Å²) < 4.78 is 12.6. The van der Waals surface area contributed by atoms with Gasteiger partial charge in [0.2, 0.25) is 0 Å². The molecule has 0 spiro atoms. The molecule has 0 saturated carbocycles. The molecule has 2 heterocycles. The molecular formula is C16H19NO5. The fourth-order valence-electron chi connectivity index (χ4n) is 2.97. The number of pyridine rings is 1. The zero-order chi connectivity index (χ0) is 16.2. The molecule has 2 atom stereocenters. The van der Waals surface area contributed by atoms with Crippen molar-refractivity contribution in [1.82, 2.24) is 4.57 Å². The van der Waals surface area contributed by atoms with Gasteiger partial charge in [-0.25, -0.2) is 0 Å². The maximum absolute atomic E-state index is 12.6. The smallest absolute Gasteiger partial charge is 0.260 e. The molecule has 1 aliphatic rings. The van der Waals surface area contributed by atoms with Crippen LogP contribution in [0.1, 0.15) is 25.5 Å². The summed E-state index contributed by atoms with van der Waals surface area (Å²) in [6, 6.07) is 5.35. The van der Waals surface area contributed by atoms with Gasteiger partial charge in [0.05, 0.1) is 18.2 Å². The van der Waals surface area contributed by atoms with Crippen molar-refractivity contribution in [2.45, 2.75) is 31.7 Å². The van der Waals surface area contributed by atoms with Crippen LogP contribution in [0, 0.1) is 0 Å². The van der Waals surface area contributed by atoms with Crippen molar-refractivity contribution in [3.63, 3.8) is 0 Å². The van der Waals surface area contributed by atoms with Gasteiger partial charge in [-0.3, -0.25) is 4.79 Å². The fourth-order valence-corrected chi connectivity index (χ4v) is 2.97. The number of aliphatic hydroxyl groups is 2. The van der Waals surface area contributed by atoms with Gasteiger partial charge in [-0.1, -0.05) is 6.07 Å². The van der Waals surface area contributed by atoms with E-state index in [9.17, 15) is 15.0 Å². The number of hydrogen-bond acceptors (Lipinski definition) is 5.